The molecule has 0 atom stereocenters. The van der Waals surface area contributed by atoms with E-state index in [1.54, 1.807) is 14.2 Å². The van der Waals surface area contributed by atoms with Gasteiger partial charge in [0.1, 0.15) is 11.5 Å². The highest BCUT2D eigenvalue weighted by molar-refractivity contribution is 5.74. The van der Waals surface area contributed by atoms with Gasteiger partial charge in [0.25, 0.3) is 0 Å². The molecule has 5 rings (SSSR count). The van der Waals surface area contributed by atoms with Gasteiger partial charge in [-0.3, -0.25) is 9.97 Å². The number of hydrogen-bond donors (Lipinski definition) is 0. The second-order valence-electron chi connectivity index (χ2n) is 9.54. The van der Waals surface area contributed by atoms with Crippen LogP contribution in [0, 0.1) is 27.7 Å². The Morgan fingerprint density at radius 1 is 0.500 bits per heavy atom. The number of pyridine rings is 3. The third kappa shape index (κ3) is 4.88. The van der Waals surface area contributed by atoms with E-state index in [-0.39, 0.29) is 0 Å². The SMILES string of the molecule is COc1cc(C)c(-c2ccc(-c3cccc(-c4ccc(-c5c(C)cc(OC)cc5C)cn4)n3)nc2)c(C)c1. The summed E-state index contributed by atoms with van der Waals surface area (Å²) in [5.41, 5.74) is 12.4. The van der Waals surface area contributed by atoms with Crippen molar-refractivity contribution in [3.8, 4) is 56.5 Å². The summed E-state index contributed by atoms with van der Waals surface area (Å²) in [4.78, 5) is 14.4. The molecule has 0 unspecified atom stereocenters. The van der Waals surface area contributed by atoms with Crippen LogP contribution < -0.4 is 9.47 Å². The lowest BCUT2D eigenvalue weighted by atomic mass is 9.96. The van der Waals surface area contributed by atoms with E-state index in [9.17, 15) is 0 Å². The van der Waals surface area contributed by atoms with Crippen molar-refractivity contribution in [2.24, 2.45) is 0 Å². The summed E-state index contributed by atoms with van der Waals surface area (Å²) in [6, 6.07) is 22.4. The molecular weight excluding hydrogens is 470 g/mol. The molecule has 0 N–H and O–H groups in total. The van der Waals surface area contributed by atoms with E-state index in [0.717, 1.165) is 67.7 Å². The quantitative estimate of drug-likeness (QED) is 0.238. The number of benzene rings is 2. The Kier molecular flexibility index (Phi) is 6.93. The number of rotatable bonds is 6. The maximum Gasteiger partial charge on any atom is 0.119 e. The first-order valence-corrected chi connectivity index (χ1v) is 12.6. The minimum Gasteiger partial charge on any atom is -0.497 e. The third-order valence-corrected chi connectivity index (χ3v) is 6.86. The molecule has 5 nitrogen and oxygen atoms in total. The minimum atomic E-state index is 0.810. The van der Waals surface area contributed by atoms with Gasteiger partial charge in [-0.25, -0.2) is 4.98 Å². The van der Waals surface area contributed by atoms with Gasteiger partial charge in [-0.2, -0.15) is 0 Å². The molecule has 0 aliphatic heterocycles. The monoisotopic (exact) mass is 501 g/mol. The predicted octanol–water partition coefficient (Wildman–Crippen LogP) is 7.79. The van der Waals surface area contributed by atoms with Gasteiger partial charge < -0.3 is 9.47 Å². The Labute approximate surface area is 224 Å². The normalized spacial score (nSPS) is 10.9. The Bertz CT molecular complexity index is 1440. The van der Waals surface area contributed by atoms with Crippen LogP contribution in [0.5, 0.6) is 11.5 Å². The average molecular weight is 502 g/mol. The topological polar surface area (TPSA) is 57.1 Å². The minimum absolute atomic E-state index is 0.810. The zero-order valence-electron chi connectivity index (χ0n) is 22.7. The predicted molar refractivity (Wildman–Crippen MR) is 154 cm³/mol. The van der Waals surface area contributed by atoms with E-state index in [1.807, 2.05) is 42.7 Å². The zero-order valence-corrected chi connectivity index (χ0v) is 22.7. The van der Waals surface area contributed by atoms with Crippen LogP contribution in [-0.2, 0) is 0 Å². The lowest BCUT2D eigenvalue weighted by Gasteiger charge is -2.13. The fourth-order valence-corrected chi connectivity index (χ4v) is 5.10. The Hall–Kier alpha value is -4.51. The van der Waals surface area contributed by atoms with E-state index in [1.165, 1.54) is 11.1 Å². The molecule has 0 spiro atoms. The van der Waals surface area contributed by atoms with Crippen molar-refractivity contribution >= 4 is 0 Å². The fraction of sp³-hybridized carbons (Fsp3) is 0.182. The highest BCUT2D eigenvalue weighted by Crippen LogP contribution is 2.33. The van der Waals surface area contributed by atoms with Crippen LogP contribution in [0.15, 0.2) is 79.1 Å². The molecule has 0 radical (unpaired) electrons. The summed E-state index contributed by atoms with van der Waals surface area (Å²) in [6.07, 6.45) is 3.83. The molecular formula is C33H31N3O2. The van der Waals surface area contributed by atoms with E-state index < -0.39 is 0 Å². The van der Waals surface area contributed by atoms with Gasteiger partial charge >= 0.3 is 0 Å². The number of methoxy groups -OCH3 is 2. The van der Waals surface area contributed by atoms with Gasteiger partial charge in [0.05, 0.1) is 37.0 Å². The van der Waals surface area contributed by atoms with Crippen LogP contribution >= 0.6 is 0 Å². The third-order valence-electron chi connectivity index (χ3n) is 6.86. The first-order valence-electron chi connectivity index (χ1n) is 12.6. The molecule has 5 heteroatoms. The van der Waals surface area contributed by atoms with Crippen molar-refractivity contribution in [3.63, 3.8) is 0 Å². The van der Waals surface area contributed by atoms with Crippen LogP contribution in [0.25, 0.3) is 45.0 Å². The van der Waals surface area contributed by atoms with Crippen molar-refractivity contribution < 1.29 is 9.47 Å². The second-order valence-corrected chi connectivity index (χ2v) is 9.54. The summed E-state index contributed by atoms with van der Waals surface area (Å²) in [5, 5.41) is 0. The molecule has 3 aromatic heterocycles. The smallest absolute Gasteiger partial charge is 0.119 e. The second kappa shape index (κ2) is 10.5. The molecule has 0 saturated heterocycles. The van der Waals surface area contributed by atoms with Gasteiger partial charge in [0.2, 0.25) is 0 Å². The molecule has 0 bridgehead atoms. The maximum atomic E-state index is 5.41. The van der Waals surface area contributed by atoms with Crippen LogP contribution in [0.3, 0.4) is 0 Å². The van der Waals surface area contributed by atoms with Crippen LogP contribution in [0.1, 0.15) is 22.3 Å². The average Bonchev–Trinajstić information content (AvgIpc) is 2.93. The van der Waals surface area contributed by atoms with Gasteiger partial charge in [-0.05, 0) is 110 Å². The van der Waals surface area contributed by atoms with E-state index >= 15 is 0 Å². The van der Waals surface area contributed by atoms with Crippen LogP contribution in [0.2, 0.25) is 0 Å². The molecule has 5 aromatic rings. The Morgan fingerprint density at radius 3 is 1.21 bits per heavy atom. The standard InChI is InChI=1S/C33H31N3O2/c1-20-14-26(37-5)15-21(2)32(20)24-10-12-28(34-18-24)30-8-7-9-31(36-30)29-13-11-25(19-35-29)33-22(3)16-27(38-6)17-23(33)4/h7-19H,1-6H3. The molecule has 0 aliphatic carbocycles. The van der Waals surface area contributed by atoms with Crippen molar-refractivity contribution in [3.05, 3.63) is 101 Å². The summed E-state index contributed by atoms with van der Waals surface area (Å²) in [7, 11) is 3.38. The summed E-state index contributed by atoms with van der Waals surface area (Å²) in [6.45, 7) is 8.39. The highest BCUT2D eigenvalue weighted by Gasteiger charge is 2.12. The zero-order chi connectivity index (χ0) is 26.8. The van der Waals surface area contributed by atoms with Crippen molar-refractivity contribution in [1.82, 2.24) is 15.0 Å². The summed E-state index contributed by atoms with van der Waals surface area (Å²) in [5.74, 6) is 1.73. The van der Waals surface area contributed by atoms with E-state index in [4.69, 9.17) is 24.4 Å². The lowest BCUT2D eigenvalue weighted by Crippen LogP contribution is -1.95. The highest BCUT2D eigenvalue weighted by atomic mass is 16.5. The molecule has 0 saturated carbocycles. The Balaban J connectivity index is 1.42. The van der Waals surface area contributed by atoms with Gasteiger partial charge in [-0.15, -0.1) is 0 Å². The lowest BCUT2D eigenvalue weighted by molar-refractivity contribution is 0.414. The van der Waals surface area contributed by atoms with Gasteiger partial charge in [0.15, 0.2) is 0 Å². The number of hydrogen-bond acceptors (Lipinski definition) is 5. The molecule has 0 aliphatic rings. The molecule has 0 amide bonds. The first kappa shape index (κ1) is 25.2. The van der Waals surface area contributed by atoms with Gasteiger partial charge in [0, 0.05) is 23.5 Å². The van der Waals surface area contributed by atoms with Gasteiger partial charge in [-0.1, -0.05) is 18.2 Å². The number of aryl methyl sites for hydroxylation is 4. The molecule has 190 valence electrons. The number of aromatic nitrogens is 3. The molecule has 0 fully saturated rings. The number of nitrogens with zero attached hydrogens (tertiary/aromatic N) is 3. The summed E-state index contributed by atoms with van der Waals surface area (Å²) < 4.78 is 10.8. The Morgan fingerprint density at radius 2 is 0.895 bits per heavy atom. The largest absolute Gasteiger partial charge is 0.497 e. The van der Waals surface area contributed by atoms with Crippen molar-refractivity contribution in [2.45, 2.75) is 27.7 Å². The van der Waals surface area contributed by atoms with Crippen LogP contribution in [-0.4, -0.2) is 29.2 Å². The first-order chi connectivity index (χ1) is 18.4. The van der Waals surface area contributed by atoms with Crippen LogP contribution in [0.4, 0.5) is 0 Å². The fourth-order valence-electron chi connectivity index (χ4n) is 5.10. The molecule has 2 aromatic carbocycles. The maximum absolute atomic E-state index is 5.41. The number of ether oxygens (including phenoxy) is 2. The van der Waals surface area contributed by atoms with Crippen molar-refractivity contribution in [1.29, 1.82) is 0 Å². The van der Waals surface area contributed by atoms with Crippen molar-refractivity contribution in [2.75, 3.05) is 14.2 Å². The summed E-state index contributed by atoms with van der Waals surface area (Å²) >= 11 is 0. The van der Waals surface area contributed by atoms with E-state index in [0.29, 0.717) is 0 Å². The molecule has 38 heavy (non-hydrogen) atoms. The van der Waals surface area contributed by atoms with E-state index in [2.05, 4.69) is 64.1 Å². The molecule has 3 heterocycles.